The van der Waals surface area contributed by atoms with E-state index in [1.165, 1.54) is 0 Å². The van der Waals surface area contributed by atoms with Crippen LogP contribution < -0.4 is 14.8 Å². The van der Waals surface area contributed by atoms with Crippen molar-refractivity contribution in [2.24, 2.45) is 4.99 Å². The molecule has 1 heterocycles. The number of hydrogen-bond acceptors (Lipinski definition) is 5. The number of aliphatic imine (C=N–C) groups is 1. The van der Waals surface area contributed by atoms with Gasteiger partial charge in [0.1, 0.15) is 17.2 Å². The Labute approximate surface area is 167 Å². The molecule has 1 N–H and O–H groups in total. The van der Waals surface area contributed by atoms with Gasteiger partial charge < -0.3 is 14.8 Å². The van der Waals surface area contributed by atoms with Gasteiger partial charge in [-0.15, -0.1) is 0 Å². The average molecular weight is 386 g/mol. The van der Waals surface area contributed by atoms with Crippen LogP contribution in [0.15, 0.2) is 77.8 Å². The summed E-state index contributed by atoms with van der Waals surface area (Å²) in [4.78, 5) is 28.9. The van der Waals surface area contributed by atoms with E-state index >= 15 is 0 Å². The number of nitrogens with one attached hydrogen (secondary N) is 1. The Morgan fingerprint density at radius 2 is 1.69 bits per heavy atom. The molecule has 1 aliphatic rings. The van der Waals surface area contributed by atoms with Crippen LogP contribution in [-0.4, -0.2) is 31.1 Å². The number of anilines is 1. The Balaban J connectivity index is 1.48. The van der Waals surface area contributed by atoms with Crippen LogP contribution in [0.4, 0.5) is 11.4 Å². The van der Waals surface area contributed by atoms with Crippen molar-refractivity contribution in [3.63, 3.8) is 0 Å². The molecule has 0 atom stereocenters. The summed E-state index contributed by atoms with van der Waals surface area (Å²) in [7, 11) is 1.57. The number of methoxy groups -OCH3 is 1. The maximum Gasteiger partial charge on any atom is 0.275 e. The lowest BCUT2D eigenvalue weighted by Gasteiger charge is -2.06. The van der Waals surface area contributed by atoms with Crippen LogP contribution in [0.25, 0.3) is 0 Å². The van der Waals surface area contributed by atoms with Crippen molar-refractivity contribution < 1.29 is 19.1 Å². The van der Waals surface area contributed by atoms with Crippen molar-refractivity contribution in [2.75, 3.05) is 19.0 Å². The molecule has 0 spiro atoms. The Bertz CT molecular complexity index is 1090. The van der Waals surface area contributed by atoms with Gasteiger partial charge >= 0.3 is 0 Å². The van der Waals surface area contributed by atoms with Crippen LogP contribution >= 0.6 is 0 Å². The van der Waals surface area contributed by atoms with Crippen molar-refractivity contribution >= 4 is 28.8 Å². The molecule has 0 unspecified atom stereocenters. The van der Waals surface area contributed by atoms with Crippen molar-refractivity contribution in [1.29, 1.82) is 0 Å². The highest BCUT2D eigenvalue weighted by Crippen LogP contribution is 2.29. The Morgan fingerprint density at radius 3 is 2.41 bits per heavy atom. The normalized spacial score (nSPS) is 13.7. The molecule has 3 aromatic rings. The minimum atomic E-state index is -0.262. The SMILES string of the molecule is COc1ccc2c(c1)C(=Nc1ccc(OCC(=O)c3ccccc3)cc1)C(=O)N2. The standard InChI is InChI=1S/C23H18N2O4/c1-28-18-11-12-20-19(13-18)22(23(27)25-20)24-16-7-9-17(10-8-16)29-14-21(26)15-5-3-2-4-6-15/h2-13H,14H2,1H3,(H,24,25,27). The van der Waals surface area contributed by atoms with E-state index in [0.717, 1.165) is 0 Å². The number of carbonyl (C=O) groups is 2. The molecule has 1 amide bonds. The summed E-state index contributed by atoms with van der Waals surface area (Å²) in [5.41, 5.74) is 2.94. The summed E-state index contributed by atoms with van der Waals surface area (Å²) in [6.45, 7) is -0.0482. The van der Waals surface area contributed by atoms with E-state index in [2.05, 4.69) is 10.3 Å². The van der Waals surface area contributed by atoms with Gasteiger partial charge in [-0.05, 0) is 42.5 Å². The zero-order valence-electron chi connectivity index (χ0n) is 15.7. The summed E-state index contributed by atoms with van der Waals surface area (Å²) in [6.07, 6.45) is 0. The van der Waals surface area contributed by atoms with Crippen molar-refractivity contribution in [2.45, 2.75) is 0 Å². The predicted octanol–water partition coefficient (Wildman–Crippen LogP) is 4.03. The first kappa shape index (κ1) is 18.4. The molecule has 0 aliphatic carbocycles. The molecular weight excluding hydrogens is 368 g/mol. The van der Waals surface area contributed by atoms with E-state index in [4.69, 9.17) is 9.47 Å². The lowest BCUT2D eigenvalue weighted by Crippen LogP contribution is -2.13. The molecule has 3 aromatic carbocycles. The van der Waals surface area contributed by atoms with Crippen molar-refractivity contribution in [3.8, 4) is 11.5 Å². The fraction of sp³-hybridized carbons (Fsp3) is 0.0870. The molecule has 0 saturated heterocycles. The third-order valence-electron chi connectivity index (χ3n) is 4.49. The Hall–Kier alpha value is -3.93. The van der Waals surface area contributed by atoms with E-state index < -0.39 is 0 Å². The molecular formula is C23H18N2O4. The van der Waals surface area contributed by atoms with Crippen molar-refractivity contribution in [3.05, 3.63) is 83.9 Å². The van der Waals surface area contributed by atoms with E-state index in [1.54, 1.807) is 61.7 Å². The first-order chi connectivity index (χ1) is 14.1. The first-order valence-corrected chi connectivity index (χ1v) is 9.03. The van der Waals surface area contributed by atoms with Gasteiger partial charge in [0.05, 0.1) is 18.5 Å². The number of hydrogen-bond donors (Lipinski definition) is 1. The summed E-state index contributed by atoms with van der Waals surface area (Å²) >= 11 is 0. The molecule has 6 heteroatoms. The van der Waals surface area contributed by atoms with Crippen LogP contribution in [0.2, 0.25) is 0 Å². The molecule has 144 valence electrons. The molecule has 0 radical (unpaired) electrons. The Morgan fingerprint density at radius 1 is 0.966 bits per heavy atom. The quantitative estimate of drug-likeness (QED) is 0.649. The van der Waals surface area contributed by atoms with Crippen LogP contribution in [0, 0.1) is 0 Å². The summed E-state index contributed by atoms with van der Waals surface area (Å²) < 4.78 is 10.8. The van der Waals surface area contributed by atoms with Gasteiger partial charge in [-0.3, -0.25) is 9.59 Å². The van der Waals surface area contributed by atoms with Crippen LogP contribution in [0.5, 0.6) is 11.5 Å². The fourth-order valence-electron chi connectivity index (χ4n) is 2.97. The minimum absolute atomic E-state index is 0.0482. The topological polar surface area (TPSA) is 77.0 Å². The van der Waals surface area contributed by atoms with E-state index in [-0.39, 0.29) is 18.3 Å². The maximum absolute atomic E-state index is 12.3. The Kier molecular flexibility index (Phi) is 5.07. The van der Waals surface area contributed by atoms with Gasteiger partial charge in [-0.1, -0.05) is 30.3 Å². The maximum atomic E-state index is 12.3. The van der Waals surface area contributed by atoms with Gasteiger partial charge in [-0.2, -0.15) is 0 Å². The van der Waals surface area contributed by atoms with E-state index in [1.807, 2.05) is 18.2 Å². The number of amides is 1. The fourth-order valence-corrected chi connectivity index (χ4v) is 2.97. The largest absolute Gasteiger partial charge is 0.497 e. The molecule has 1 aliphatic heterocycles. The number of carbonyl (C=O) groups excluding carboxylic acids is 2. The van der Waals surface area contributed by atoms with E-state index in [9.17, 15) is 9.59 Å². The van der Waals surface area contributed by atoms with Crippen LogP contribution in [-0.2, 0) is 4.79 Å². The molecule has 0 fully saturated rings. The summed E-state index contributed by atoms with van der Waals surface area (Å²) in [5, 5.41) is 2.79. The van der Waals surface area contributed by atoms with Gasteiger partial charge in [0, 0.05) is 11.1 Å². The van der Waals surface area contributed by atoms with Gasteiger partial charge in [-0.25, -0.2) is 4.99 Å². The van der Waals surface area contributed by atoms with Gasteiger partial charge in [0.15, 0.2) is 12.4 Å². The minimum Gasteiger partial charge on any atom is -0.497 e. The number of fused-ring (bicyclic) bond motifs is 1. The lowest BCUT2D eigenvalue weighted by atomic mass is 10.1. The first-order valence-electron chi connectivity index (χ1n) is 9.03. The molecule has 0 saturated carbocycles. The smallest absolute Gasteiger partial charge is 0.275 e. The third-order valence-corrected chi connectivity index (χ3v) is 4.49. The number of benzene rings is 3. The number of ketones is 1. The molecule has 29 heavy (non-hydrogen) atoms. The second-order valence-corrected chi connectivity index (χ2v) is 6.40. The number of ether oxygens (including phenoxy) is 2. The highest BCUT2D eigenvalue weighted by molar-refractivity contribution is 6.54. The summed E-state index contributed by atoms with van der Waals surface area (Å²) in [5.74, 6) is 0.848. The molecule has 6 nitrogen and oxygen atoms in total. The molecule has 0 aromatic heterocycles. The second kappa shape index (κ2) is 7.98. The predicted molar refractivity (Wildman–Crippen MR) is 111 cm³/mol. The van der Waals surface area contributed by atoms with Gasteiger partial charge in [0.2, 0.25) is 0 Å². The van der Waals surface area contributed by atoms with E-state index in [0.29, 0.717) is 39.7 Å². The number of nitrogens with zero attached hydrogens (tertiary/aromatic N) is 1. The van der Waals surface area contributed by atoms with Gasteiger partial charge in [0.25, 0.3) is 5.91 Å². The highest BCUT2D eigenvalue weighted by atomic mass is 16.5. The number of rotatable bonds is 6. The zero-order chi connectivity index (χ0) is 20.2. The highest BCUT2D eigenvalue weighted by Gasteiger charge is 2.26. The van der Waals surface area contributed by atoms with Crippen LogP contribution in [0.1, 0.15) is 15.9 Å². The molecule has 4 rings (SSSR count). The summed E-state index contributed by atoms with van der Waals surface area (Å²) in [6, 6.07) is 21.3. The number of Topliss-reactive ketones (excluding diaryl/α,β-unsaturated/α-hetero) is 1. The third kappa shape index (κ3) is 4.01. The monoisotopic (exact) mass is 386 g/mol. The second-order valence-electron chi connectivity index (χ2n) is 6.40. The van der Waals surface area contributed by atoms with Crippen molar-refractivity contribution in [1.82, 2.24) is 0 Å². The zero-order valence-corrected chi connectivity index (χ0v) is 15.7. The molecule has 0 bridgehead atoms. The van der Waals surface area contributed by atoms with Crippen LogP contribution in [0.3, 0.4) is 0 Å². The lowest BCUT2D eigenvalue weighted by molar-refractivity contribution is -0.110. The average Bonchev–Trinajstić information content (AvgIpc) is 3.07.